The maximum Gasteiger partial charge on any atom is 0.129 e. The van der Waals surface area contributed by atoms with Crippen molar-refractivity contribution in [1.82, 2.24) is 25.6 Å². The van der Waals surface area contributed by atoms with E-state index in [4.69, 9.17) is 0 Å². The van der Waals surface area contributed by atoms with E-state index in [1.54, 1.807) is 0 Å². The Morgan fingerprint density at radius 3 is 2.59 bits per heavy atom. The number of fused-ring (bicyclic) bond motifs is 1. The van der Waals surface area contributed by atoms with Gasteiger partial charge in [-0.1, -0.05) is 30.9 Å². The van der Waals surface area contributed by atoms with Crippen LogP contribution in [0.5, 0.6) is 0 Å². The van der Waals surface area contributed by atoms with Gasteiger partial charge in [0.15, 0.2) is 0 Å². The zero-order valence-electron chi connectivity index (χ0n) is 23.1. The molecule has 2 N–H and O–H groups in total. The van der Waals surface area contributed by atoms with E-state index in [1.165, 1.54) is 28.0 Å². The number of hydrogen-bond acceptors (Lipinski definition) is 6. The molecular formula is C31H42N6. The Morgan fingerprint density at radius 1 is 1.08 bits per heavy atom. The van der Waals surface area contributed by atoms with Gasteiger partial charge in [0.05, 0.1) is 0 Å². The van der Waals surface area contributed by atoms with Gasteiger partial charge in [-0.25, -0.2) is 10.4 Å². The molecule has 4 rings (SSSR count). The topological polar surface area (TPSA) is 46.7 Å². The molecule has 1 aromatic heterocycles. The number of rotatable bonds is 8. The zero-order chi connectivity index (χ0) is 26.4. The van der Waals surface area contributed by atoms with Crippen molar-refractivity contribution in [2.45, 2.75) is 39.7 Å². The summed E-state index contributed by atoms with van der Waals surface area (Å²) in [5.41, 5.74) is 11.1. The van der Waals surface area contributed by atoms with E-state index in [0.29, 0.717) is 6.04 Å². The summed E-state index contributed by atoms with van der Waals surface area (Å²) in [5, 5.41) is 5.60. The third kappa shape index (κ3) is 6.90. The third-order valence-corrected chi connectivity index (χ3v) is 7.26. The Balaban J connectivity index is 1.51. The van der Waals surface area contributed by atoms with Crippen LogP contribution in [0.15, 0.2) is 61.1 Å². The Morgan fingerprint density at radius 2 is 1.86 bits per heavy atom. The Bertz CT molecular complexity index is 1180. The quantitative estimate of drug-likeness (QED) is 0.472. The number of anilines is 1. The van der Waals surface area contributed by atoms with E-state index in [2.05, 4.69) is 102 Å². The van der Waals surface area contributed by atoms with Crippen LogP contribution in [0.25, 0.3) is 23.4 Å². The number of benzene rings is 1. The Kier molecular flexibility index (Phi) is 8.85. The first-order chi connectivity index (χ1) is 17.8. The van der Waals surface area contributed by atoms with Crippen LogP contribution in [0.1, 0.15) is 55.9 Å². The number of piperazine rings is 1. The lowest BCUT2D eigenvalue weighted by Crippen LogP contribution is -2.49. The molecule has 196 valence electrons. The second-order valence-electron chi connectivity index (χ2n) is 10.2. The van der Waals surface area contributed by atoms with Gasteiger partial charge in [-0.2, -0.15) is 0 Å². The van der Waals surface area contributed by atoms with Crippen LogP contribution in [0.2, 0.25) is 0 Å². The SMILES string of the molecule is C=C(N/C1=C/c2cc(/C(C)=C/N(C)NC)ccc2/C=C\CC1)c1ccnc(N2CCN(C(C)C)CC2)c1. The summed E-state index contributed by atoms with van der Waals surface area (Å²) in [7, 11) is 3.92. The molecule has 0 bridgehead atoms. The van der Waals surface area contributed by atoms with Gasteiger partial charge in [0.1, 0.15) is 5.82 Å². The lowest BCUT2D eigenvalue weighted by molar-refractivity contribution is 0.209. The van der Waals surface area contributed by atoms with Crippen LogP contribution >= 0.6 is 0 Å². The standard InChI is InChI=1S/C31H42N6/c1-23(2)36-15-17-37(18-16-36)31-21-28(13-14-33-31)25(4)34-30-10-8-7-9-26-11-12-27(19-29(26)20-30)24(3)22-35(6)32-5/h7,9,11-14,19-23,32,34H,4,8,10,15-18H2,1-3,5-6H3/b9-7-,24-22+,30-20+. The summed E-state index contributed by atoms with van der Waals surface area (Å²) in [5.74, 6) is 1.03. The smallest absolute Gasteiger partial charge is 0.129 e. The molecule has 37 heavy (non-hydrogen) atoms. The van der Waals surface area contributed by atoms with Crippen molar-refractivity contribution in [3.8, 4) is 0 Å². The first-order valence-corrected chi connectivity index (χ1v) is 13.4. The highest BCUT2D eigenvalue weighted by molar-refractivity contribution is 5.75. The molecular weight excluding hydrogens is 456 g/mol. The molecule has 0 atom stereocenters. The third-order valence-electron chi connectivity index (χ3n) is 7.26. The van der Waals surface area contributed by atoms with Crippen LogP contribution < -0.4 is 15.6 Å². The molecule has 0 spiro atoms. The number of hydrazine groups is 1. The van der Waals surface area contributed by atoms with Gasteiger partial charge in [0, 0.05) is 75.7 Å². The molecule has 1 fully saturated rings. The minimum Gasteiger partial charge on any atom is -0.359 e. The molecule has 2 heterocycles. The maximum atomic E-state index is 4.67. The summed E-state index contributed by atoms with van der Waals surface area (Å²) in [4.78, 5) is 9.58. The number of aromatic nitrogens is 1. The van der Waals surface area contributed by atoms with Crippen molar-refractivity contribution in [3.05, 3.63) is 83.3 Å². The van der Waals surface area contributed by atoms with E-state index < -0.39 is 0 Å². The second-order valence-corrected chi connectivity index (χ2v) is 10.2. The highest BCUT2D eigenvalue weighted by atomic mass is 15.5. The number of allylic oxidation sites excluding steroid dienone is 3. The summed E-state index contributed by atoms with van der Waals surface area (Å²) in [6, 6.07) is 11.5. The fourth-order valence-corrected chi connectivity index (χ4v) is 4.85. The van der Waals surface area contributed by atoms with Crippen LogP contribution in [0, 0.1) is 0 Å². The summed E-state index contributed by atoms with van der Waals surface area (Å²) in [6.07, 6.45) is 12.7. The summed E-state index contributed by atoms with van der Waals surface area (Å²) >= 11 is 0. The van der Waals surface area contributed by atoms with Gasteiger partial charge >= 0.3 is 0 Å². The van der Waals surface area contributed by atoms with Crippen molar-refractivity contribution < 1.29 is 0 Å². The fourth-order valence-electron chi connectivity index (χ4n) is 4.85. The van der Waals surface area contributed by atoms with Crippen LogP contribution in [-0.4, -0.2) is 61.2 Å². The predicted molar refractivity (Wildman–Crippen MR) is 158 cm³/mol. The molecule has 2 aromatic rings. The molecule has 1 saturated heterocycles. The number of pyridine rings is 1. The van der Waals surface area contributed by atoms with Gasteiger partial charge in [-0.05, 0) is 80.2 Å². The molecule has 1 aliphatic carbocycles. The molecule has 0 radical (unpaired) electrons. The minimum atomic E-state index is 0.591. The average Bonchev–Trinajstić information content (AvgIpc) is 2.90. The van der Waals surface area contributed by atoms with Crippen molar-refractivity contribution in [1.29, 1.82) is 0 Å². The highest BCUT2D eigenvalue weighted by Crippen LogP contribution is 2.26. The Labute approximate surface area is 223 Å². The second kappa shape index (κ2) is 12.3. The van der Waals surface area contributed by atoms with Crippen LogP contribution in [0.4, 0.5) is 5.82 Å². The normalized spacial score (nSPS) is 18.9. The molecule has 0 unspecified atom stereocenters. The van der Waals surface area contributed by atoms with Crippen molar-refractivity contribution in [2.75, 3.05) is 45.2 Å². The van der Waals surface area contributed by atoms with E-state index in [0.717, 1.165) is 56.1 Å². The fraction of sp³-hybridized carbons (Fsp3) is 0.387. The minimum absolute atomic E-state index is 0.591. The molecule has 2 aliphatic rings. The zero-order valence-corrected chi connectivity index (χ0v) is 23.1. The van der Waals surface area contributed by atoms with Gasteiger partial charge in [0.25, 0.3) is 0 Å². The number of nitrogens with one attached hydrogen (secondary N) is 2. The van der Waals surface area contributed by atoms with Crippen molar-refractivity contribution in [2.24, 2.45) is 0 Å². The largest absolute Gasteiger partial charge is 0.359 e. The molecule has 0 amide bonds. The highest BCUT2D eigenvalue weighted by Gasteiger charge is 2.20. The van der Waals surface area contributed by atoms with Gasteiger partial charge in [0.2, 0.25) is 0 Å². The van der Waals surface area contributed by atoms with Gasteiger partial charge in [-0.3, -0.25) is 4.90 Å². The first kappa shape index (κ1) is 26.7. The van der Waals surface area contributed by atoms with Crippen LogP contribution in [0.3, 0.4) is 0 Å². The average molecular weight is 499 g/mol. The lowest BCUT2D eigenvalue weighted by atomic mass is 9.96. The number of nitrogens with zero attached hydrogens (tertiary/aromatic N) is 4. The first-order valence-electron chi connectivity index (χ1n) is 13.4. The Hall–Kier alpha value is -3.35. The predicted octanol–water partition coefficient (Wildman–Crippen LogP) is 5.45. The molecule has 6 nitrogen and oxygen atoms in total. The van der Waals surface area contributed by atoms with E-state index in [9.17, 15) is 0 Å². The van der Waals surface area contributed by atoms with Crippen molar-refractivity contribution >= 4 is 29.2 Å². The molecule has 6 heteroatoms. The van der Waals surface area contributed by atoms with Gasteiger partial charge in [-0.15, -0.1) is 0 Å². The lowest BCUT2D eigenvalue weighted by Gasteiger charge is -2.37. The van der Waals surface area contributed by atoms with Gasteiger partial charge < -0.3 is 15.2 Å². The van der Waals surface area contributed by atoms with E-state index in [-0.39, 0.29) is 0 Å². The van der Waals surface area contributed by atoms with Crippen molar-refractivity contribution in [3.63, 3.8) is 0 Å². The van der Waals surface area contributed by atoms with E-state index >= 15 is 0 Å². The summed E-state index contributed by atoms with van der Waals surface area (Å²) in [6.45, 7) is 15.2. The van der Waals surface area contributed by atoms with Crippen LogP contribution in [-0.2, 0) is 0 Å². The number of hydrogen-bond donors (Lipinski definition) is 2. The molecule has 0 saturated carbocycles. The maximum absolute atomic E-state index is 4.67. The molecule has 1 aliphatic heterocycles. The molecule has 1 aromatic carbocycles. The van der Waals surface area contributed by atoms with E-state index in [1.807, 2.05) is 31.4 Å². The monoisotopic (exact) mass is 498 g/mol. The summed E-state index contributed by atoms with van der Waals surface area (Å²) < 4.78 is 0.